The van der Waals surface area contributed by atoms with E-state index in [2.05, 4.69) is 25.8 Å². The second-order valence-electron chi connectivity index (χ2n) is 4.08. The number of hydrogen-bond acceptors (Lipinski definition) is 4. The van der Waals surface area contributed by atoms with Crippen molar-refractivity contribution >= 4 is 14.5 Å². The number of aliphatic imine (C=N–C) groups is 1. The van der Waals surface area contributed by atoms with Crippen LogP contribution in [0.5, 0.6) is 0 Å². The molecule has 96 valence electrons. The molecule has 0 rings (SSSR count). The molecule has 0 heterocycles. The quantitative estimate of drug-likeness (QED) is 0.375. The summed E-state index contributed by atoms with van der Waals surface area (Å²) in [7, 11) is 2.54. The zero-order valence-corrected chi connectivity index (χ0v) is 12.4. The largest absolute Gasteiger partial charge is 0.500 e. The normalized spacial score (nSPS) is 13.6. The van der Waals surface area contributed by atoms with E-state index in [-0.39, 0.29) is 0 Å². The first-order valence-corrected chi connectivity index (χ1v) is 7.61. The fourth-order valence-corrected chi connectivity index (χ4v) is 2.99. The predicted molar refractivity (Wildman–Crippen MR) is 69.0 cm³/mol. The molecule has 16 heavy (non-hydrogen) atoms. The molecule has 4 nitrogen and oxygen atoms in total. The van der Waals surface area contributed by atoms with Crippen LogP contribution in [0.15, 0.2) is 4.99 Å². The van der Waals surface area contributed by atoms with Crippen LogP contribution in [0.25, 0.3) is 0 Å². The summed E-state index contributed by atoms with van der Waals surface area (Å²) < 4.78 is 16.0. The van der Waals surface area contributed by atoms with Gasteiger partial charge in [0, 0.05) is 39.6 Å². The van der Waals surface area contributed by atoms with Gasteiger partial charge in [0.25, 0.3) is 0 Å². The average Bonchev–Trinajstić information content (AvgIpc) is 2.30. The molecule has 0 amide bonds. The van der Waals surface area contributed by atoms with Crippen LogP contribution in [-0.4, -0.2) is 42.4 Å². The molecule has 0 aromatic heterocycles. The van der Waals surface area contributed by atoms with Crippen LogP contribution in [0.1, 0.15) is 27.2 Å². The number of hydrogen-bond donors (Lipinski definition) is 0. The molecule has 0 bridgehead atoms. The SMILES string of the molecule is CO[Si](CCCN=C(C)C(C)C)(OC)OC. The Labute approximate surface area is 100 Å². The fraction of sp³-hybridized carbons (Fsp3) is 0.909. The summed E-state index contributed by atoms with van der Waals surface area (Å²) in [5.74, 6) is 0.522. The molecule has 0 aliphatic rings. The van der Waals surface area contributed by atoms with Crippen molar-refractivity contribution in [3.8, 4) is 0 Å². The predicted octanol–water partition coefficient (Wildman–Crippen LogP) is 2.37. The van der Waals surface area contributed by atoms with Crippen LogP contribution in [0, 0.1) is 5.92 Å². The lowest BCUT2D eigenvalue weighted by molar-refractivity contribution is 0.123. The highest BCUT2D eigenvalue weighted by Gasteiger charge is 2.36. The molecular weight excluding hydrogens is 222 g/mol. The first-order chi connectivity index (χ1) is 7.51. The van der Waals surface area contributed by atoms with E-state index in [4.69, 9.17) is 13.3 Å². The summed E-state index contributed by atoms with van der Waals surface area (Å²) in [5.41, 5.74) is 1.19. The van der Waals surface area contributed by atoms with Gasteiger partial charge in [-0.1, -0.05) is 13.8 Å². The summed E-state index contributed by atoms with van der Waals surface area (Å²) in [4.78, 5) is 4.50. The van der Waals surface area contributed by atoms with Gasteiger partial charge in [-0.05, 0) is 19.3 Å². The van der Waals surface area contributed by atoms with Crippen LogP contribution >= 0.6 is 0 Å². The van der Waals surface area contributed by atoms with E-state index in [1.54, 1.807) is 21.3 Å². The molecule has 0 fully saturated rings. The van der Waals surface area contributed by atoms with E-state index in [1.807, 2.05) is 0 Å². The smallest absolute Gasteiger partial charge is 0.377 e. The minimum atomic E-state index is -2.39. The Bertz CT molecular complexity index is 207. The average molecular weight is 247 g/mol. The second kappa shape index (κ2) is 7.95. The van der Waals surface area contributed by atoms with Crippen molar-refractivity contribution in [3.05, 3.63) is 0 Å². The standard InChI is InChI=1S/C11H25NO3Si/c1-10(2)11(3)12-8-7-9-16(13-4,14-5)15-6/h10H,7-9H2,1-6H3. The summed E-state index contributed by atoms with van der Waals surface area (Å²) in [6.45, 7) is 7.18. The lowest BCUT2D eigenvalue weighted by Crippen LogP contribution is -2.42. The highest BCUT2D eigenvalue weighted by atomic mass is 28.4. The maximum Gasteiger partial charge on any atom is 0.500 e. The third kappa shape index (κ3) is 5.20. The molecule has 0 saturated carbocycles. The van der Waals surface area contributed by atoms with Crippen LogP contribution in [0.2, 0.25) is 6.04 Å². The Morgan fingerprint density at radius 1 is 1.12 bits per heavy atom. The lowest BCUT2D eigenvalue weighted by Gasteiger charge is -2.23. The van der Waals surface area contributed by atoms with Crippen molar-refractivity contribution in [1.29, 1.82) is 0 Å². The Kier molecular flexibility index (Phi) is 7.83. The second-order valence-corrected chi connectivity index (χ2v) is 7.17. The van der Waals surface area contributed by atoms with Gasteiger partial charge >= 0.3 is 8.80 Å². The highest BCUT2D eigenvalue weighted by Crippen LogP contribution is 2.14. The van der Waals surface area contributed by atoms with Gasteiger partial charge in [-0.15, -0.1) is 0 Å². The Balaban J connectivity index is 4.01. The molecule has 0 radical (unpaired) electrons. The van der Waals surface area contributed by atoms with Gasteiger partial charge in [0.1, 0.15) is 0 Å². The monoisotopic (exact) mass is 247 g/mol. The molecule has 0 aliphatic carbocycles. The summed E-state index contributed by atoms with van der Waals surface area (Å²) in [6, 6.07) is 0.811. The third-order valence-electron chi connectivity index (χ3n) is 2.77. The lowest BCUT2D eigenvalue weighted by atomic mass is 10.1. The Hall–Kier alpha value is -0.233. The number of rotatable bonds is 8. The van der Waals surface area contributed by atoms with Crippen molar-refractivity contribution in [2.24, 2.45) is 10.9 Å². The van der Waals surface area contributed by atoms with Crippen molar-refractivity contribution < 1.29 is 13.3 Å². The van der Waals surface area contributed by atoms with Gasteiger partial charge < -0.3 is 13.3 Å². The van der Waals surface area contributed by atoms with Crippen molar-refractivity contribution in [3.63, 3.8) is 0 Å². The van der Waals surface area contributed by atoms with E-state index in [9.17, 15) is 0 Å². The molecule has 0 N–H and O–H groups in total. The van der Waals surface area contributed by atoms with E-state index in [0.29, 0.717) is 5.92 Å². The molecule has 0 aromatic rings. The molecule has 0 atom stereocenters. The van der Waals surface area contributed by atoms with E-state index in [0.717, 1.165) is 19.0 Å². The summed E-state index contributed by atoms with van der Waals surface area (Å²) in [6.07, 6.45) is 0.936. The van der Waals surface area contributed by atoms with E-state index >= 15 is 0 Å². The van der Waals surface area contributed by atoms with Crippen LogP contribution < -0.4 is 0 Å². The van der Waals surface area contributed by atoms with E-state index in [1.165, 1.54) is 5.71 Å². The molecule has 0 aromatic carbocycles. The molecule has 5 heteroatoms. The van der Waals surface area contributed by atoms with Gasteiger partial charge in [-0.2, -0.15) is 0 Å². The van der Waals surface area contributed by atoms with Crippen molar-refractivity contribution in [2.75, 3.05) is 27.9 Å². The minimum Gasteiger partial charge on any atom is -0.377 e. The number of nitrogens with zero attached hydrogens (tertiary/aromatic N) is 1. The van der Waals surface area contributed by atoms with Gasteiger partial charge in [0.2, 0.25) is 0 Å². The summed E-state index contributed by atoms with van der Waals surface area (Å²) in [5, 5.41) is 0. The van der Waals surface area contributed by atoms with Crippen molar-refractivity contribution in [2.45, 2.75) is 33.2 Å². The van der Waals surface area contributed by atoms with E-state index < -0.39 is 8.80 Å². The fourth-order valence-electron chi connectivity index (χ4n) is 1.29. The van der Waals surface area contributed by atoms with Crippen molar-refractivity contribution in [1.82, 2.24) is 0 Å². The molecule has 0 unspecified atom stereocenters. The first-order valence-electron chi connectivity index (χ1n) is 5.67. The van der Waals surface area contributed by atoms with Gasteiger partial charge in [-0.25, -0.2) is 0 Å². The molecular formula is C11H25NO3Si. The van der Waals surface area contributed by atoms with Crippen LogP contribution in [0.4, 0.5) is 0 Å². The topological polar surface area (TPSA) is 40.0 Å². The maximum atomic E-state index is 5.34. The highest BCUT2D eigenvalue weighted by molar-refractivity contribution is 6.60. The Morgan fingerprint density at radius 2 is 1.62 bits per heavy atom. The minimum absolute atomic E-state index is 0.522. The molecule has 0 spiro atoms. The third-order valence-corrected chi connectivity index (χ3v) is 5.60. The van der Waals surface area contributed by atoms with Gasteiger partial charge in [-0.3, -0.25) is 4.99 Å². The first kappa shape index (κ1) is 15.8. The zero-order chi connectivity index (χ0) is 12.6. The zero-order valence-electron chi connectivity index (χ0n) is 11.4. The van der Waals surface area contributed by atoms with Gasteiger partial charge in [0.05, 0.1) is 0 Å². The summed E-state index contributed by atoms with van der Waals surface area (Å²) >= 11 is 0. The van der Waals surface area contributed by atoms with Gasteiger partial charge in [0.15, 0.2) is 0 Å². The van der Waals surface area contributed by atoms with Crippen LogP contribution in [0.3, 0.4) is 0 Å². The van der Waals surface area contributed by atoms with Crippen LogP contribution in [-0.2, 0) is 13.3 Å². The molecule has 0 aliphatic heterocycles. The Morgan fingerprint density at radius 3 is 2.00 bits per heavy atom. The molecule has 0 saturated heterocycles. The maximum absolute atomic E-state index is 5.34.